The van der Waals surface area contributed by atoms with Crippen molar-refractivity contribution in [2.45, 2.75) is 49.2 Å². The Morgan fingerprint density at radius 3 is 2.63 bits per heavy atom. The second kappa shape index (κ2) is 8.56. The van der Waals surface area contributed by atoms with Gasteiger partial charge in [0.25, 0.3) is 11.8 Å². The van der Waals surface area contributed by atoms with Crippen LogP contribution in [0.15, 0.2) is 30.6 Å². The molecule has 2 aromatic rings. The molecule has 2 heterocycles. The number of halogens is 5. The maximum absolute atomic E-state index is 12.7. The van der Waals surface area contributed by atoms with Gasteiger partial charge in [0.1, 0.15) is 5.75 Å². The minimum absolute atomic E-state index is 0.117. The van der Waals surface area contributed by atoms with Crippen LogP contribution in [-0.2, 0) is 15.1 Å². The number of nitrogens with one attached hydrogen (secondary N) is 1. The third-order valence-electron chi connectivity index (χ3n) is 6.72. The summed E-state index contributed by atoms with van der Waals surface area (Å²) in [5.41, 5.74) is -0.287. The molecule has 1 aromatic carbocycles. The minimum Gasteiger partial charge on any atom is -0.484 e. The zero-order valence-corrected chi connectivity index (χ0v) is 19.8. The summed E-state index contributed by atoms with van der Waals surface area (Å²) < 4.78 is 48.5. The molecule has 3 saturated carbocycles. The number of ether oxygens (including phenoxy) is 2. The molecule has 188 valence electrons. The smallest absolute Gasteiger partial charge is 0.484 e. The van der Waals surface area contributed by atoms with E-state index >= 15 is 0 Å². The summed E-state index contributed by atoms with van der Waals surface area (Å²) in [6, 6.07) is 4.75. The van der Waals surface area contributed by atoms with Gasteiger partial charge in [-0.2, -0.15) is 5.10 Å². The van der Waals surface area contributed by atoms with Gasteiger partial charge in [-0.25, -0.2) is 0 Å². The van der Waals surface area contributed by atoms with Gasteiger partial charge in [0, 0.05) is 30.9 Å². The maximum Gasteiger partial charge on any atom is 0.522 e. The average molecular weight is 533 g/mol. The molecule has 1 aromatic heterocycles. The number of hydrogen-bond acceptors (Lipinski definition) is 5. The van der Waals surface area contributed by atoms with E-state index in [1.807, 2.05) is 0 Å². The first-order chi connectivity index (χ1) is 16.5. The van der Waals surface area contributed by atoms with E-state index in [0.29, 0.717) is 40.6 Å². The van der Waals surface area contributed by atoms with Crippen LogP contribution >= 0.6 is 23.2 Å². The molecule has 0 unspecified atom stereocenters. The highest BCUT2D eigenvalue weighted by Gasteiger charge is 2.70. The first kappa shape index (κ1) is 24.2. The second-order valence-corrected chi connectivity index (χ2v) is 10.2. The van der Waals surface area contributed by atoms with E-state index in [9.17, 15) is 22.8 Å². The standard InChI is InChI=1S/C22H21Cl2F3N4O4/c23-16-2-1-14(5-17(16)24)34-9-18(32)29-20-10-21(11-20,12-20)31-7-13(6-28-31)19(33)30-4-3-15(8-30)35-22(25,26)27/h1-2,5-7,15H,3-4,8-12H2,(H,29,32)/t15-,20?,21?/m0/s1. The molecule has 2 amide bonds. The average Bonchev–Trinajstić information content (AvgIpc) is 3.39. The zero-order chi connectivity index (χ0) is 25.0. The number of rotatable bonds is 7. The van der Waals surface area contributed by atoms with Gasteiger partial charge in [-0.05, 0) is 37.8 Å². The van der Waals surface area contributed by atoms with Crippen molar-refractivity contribution in [2.75, 3.05) is 19.7 Å². The monoisotopic (exact) mass is 532 g/mol. The molecular formula is C22H21Cl2F3N4O4. The van der Waals surface area contributed by atoms with Crippen molar-refractivity contribution >= 4 is 35.0 Å². The molecule has 0 spiro atoms. The van der Waals surface area contributed by atoms with Crippen LogP contribution in [0.2, 0.25) is 10.0 Å². The number of carbonyl (C=O) groups is 2. The summed E-state index contributed by atoms with van der Waals surface area (Å²) in [5, 5.41) is 8.05. The van der Waals surface area contributed by atoms with Crippen molar-refractivity contribution in [3.8, 4) is 5.75 Å². The van der Waals surface area contributed by atoms with E-state index in [1.54, 1.807) is 23.0 Å². The van der Waals surface area contributed by atoms with E-state index in [1.165, 1.54) is 17.2 Å². The van der Waals surface area contributed by atoms with Crippen molar-refractivity contribution < 1.29 is 32.2 Å². The lowest BCUT2D eigenvalue weighted by Crippen LogP contribution is -2.79. The largest absolute Gasteiger partial charge is 0.522 e. The van der Waals surface area contributed by atoms with Gasteiger partial charge in [0.2, 0.25) is 0 Å². The minimum atomic E-state index is -4.72. The molecule has 4 fully saturated rings. The Labute approximate surface area is 208 Å². The molecule has 2 bridgehead atoms. The summed E-state index contributed by atoms with van der Waals surface area (Å²) >= 11 is 11.8. The Bertz CT molecular complexity index is 1150. The summed E-state index contributed by atoms with van der Waals surface area (Å²) in [7, 11) is 0. The number of likely N-dealkylation sites (tertiary alicyclic amines) is 1. The number of aromatic nitrogens is 2. The topological polar surface area (TPSA) is 85.7 Å². The van der Waals surface area contributed by atoms with Crippen molar-refractivity contribution in [3.05, 3.63) is 46.2 Å². The summed E-state index contributed by atoms with van der Waals surface area (Å²) in [6.07, 6.45) is -0.608. The number of nitrogens with zero attached hydrogens (tertiary/aromatic N) is 3. The molecule has 4 aliphatic rings. The van der Waals surface area contributed by atoms with Crippen molar-refractivity contribution in [3.63, 3.8) is 0 Å². The Kier molecular flexibility index (Phi) is 5.92. The van der Waals surface area contributed by atoms with Crippen LogP contribution in [0.25, 0.3) is 0 Å². The number of alkyl halides is 3. The van der Waals surface area contributed by atoms with Crippen LogP contribution in [0, 0.1) is 0 Å². The van der Waals surface area contributed by atoms with Crippen LogP contribution in [0.3, 0.4) is 0 Å². The van der Waals surface area contributed by atoms with E-state index in [-0.39, 0.29) is 49.0 Å². The zero-order valence-electron chi connectivity index (χ0n) is 18.3. The fourth-order valence-electron chi connectivity index (χ4n) is 5.23. The Balaban J connectivity index is 1.10. The predicted molar refractivity (Wildman–Crippen MR) is 118 cm³/mol. The first-order valence-electron chi connectivity index (χ1n) is 10.9. The van der Waals surface area contributed by atoms with Crippen molar-refractivity contribution in [1.29, 1.82) is 0 Å². The molecule has 0 radical (unpaired) electrons. The van der Waals surface area contributed by atoms with Crippen LogP contribution in [0.5, 0.6) is 5.75 Å². The van der Waals surface area contributed by atoms with E-state index in [4.69, 9.17) is 27.9 Å². The highest BCUT2D eigenvalue weighted by Crippen LogP contribution is 2.65. The van der Waals surface area contributed by atoms with E-state index < -0.39 is 12.5 Å². The molecule has 1 aliphatic heterocycles. The lowest BCUT2D eigenvalue weighted by atomic mass is 9.44. The van der Waals surface area contributed by atoms with Gasteiger partial charge in [0.15, 0.2) is 6.61 Å². The third-order valence-corrected chi connectivity index (χ3v) is 7.46. The van der Waals surface area contributed by atoms with Gasteiger partial charge >= 0.3 is 6.36 Å². The Hall–Kier alpha value is -2.50. The number of carbonyl (C=O) groups excluding carboxylic acids is 2. The Morgan fingerprint density at radius 2 is 1.94 bits per heavy atom. The van der Waals surface area contributed by atoms with Gasteiger partial charge in [-0.3, -0.25) is 19.0 Å². The molecule has 1 saturated heterocycles. The molecule has 8 nitrogen and oxygen atoms in total. The quantitative estimate of drug-likeness (QED) is 0.586. The second-order valence-electron chi connectivity index (χ2n) is 9.35. The molecule has 13 heteroatoms. The lowest BCUT2D eigenvalue weighted by molar-refractivity contribution is -0.340. The van der Waals surface area contributed by atoms with Crippen LogP contribution < -0.4 is 10.1 Å². The molecule has 1 atom stereocenters. The first-order valence-corrected chi connectivity index (χ1v) is 11.7. The third kappa shape index (κ3) is 4.81. The molecule has 35 heavy (non-hydrogen) atoms. The SMILES string of the molecule is O=C(COc1ccc(Cl)c(Cl)c1)NC12CC(n3cc(C(=O)N4CC[C@H](OC(F)(F)F)C4)cn3)(C1)C2. The highest BCUT2D eigenvalue weighted by molar-refractivity contribution is 6.42. The number of hydrogen-bond donors (Lipinski definition) is 1. The van der Waals surface area contributed by atoms with Crippen molar-refractivity contribution in [1.82, 2.24) is 20.0 Å². The van der Waals surface area contributed by atoms with Crippen LogP contribution in [-0.4, -0.2) is 64.2 Å². The number of amides is 2. The predicted octanol–water partition coefficient (Wildman–Crippen LogP) is 3.77. The van der Waals surface area contributed by atoms with Gasteiger partial charge in [0.05, 0.1) is 33.4 Å². The van der Waals surface area contributed by atoms with Gasteiger partial charge in [-0.15, -0.1) is 13.2 Å². The summed E-state index contributed by atoms with van der Waals surface area (Å²) in [4.78, 5) is 26.4. The number of benzene rings is 1. The van der Waals surface area contributed by atoms with Gasteiger partial charge < -0.3 is 15.0 Å². The van der Waals surface area contributed by atoms with Crippen molar-refractivity contribution in [2.24, 2.45) is 0 Å². The summed E-state index contributed by atoms with van der Waals surface area (Å²) in [6.45, 7) is -0.0918. The Morgan fingerprint density at radius 1 is 1.20 bits per heavy atom. The van der Waals surface area contributed by atoms with Crippen LogP contribution in [0.4, 0.5) is 13.2 Å². The molecule has 6 rings (SSSR count). The van der Waals surface area contributed by atoms with E-state index in [2.05, 4.69) is 15.2 Å². The summed E-state index contributed by atoms with van der Waals surface area (Å²) in [5.74, 6) is -0.199. The normalized spacial score (nSPS) is 27.2. The fourth-order valence-corrected chi connectivity index (χ4v) is 5.52. The molecular weight excluding hydrogens is 512 g/mol. The fraction of sp³-hybridized carbons (Fsp3) is 0.500. The highest BCUT2D eigenvalue weighted by atomic mass is 35.5. The van der Waals surface area contributed by atoms with Crippen LogP contribution in [0.1, 0.15) is 36.0 Å². The molecule has 3 aliphatic carbocycles. The van der Waals surface area contributed by atoms with Gasteiger partial charge in [-0.1, -0.05) is 23.2 Å². The molecule has 1 N–H and O–H groups in total. The van der Waals surface area contributed by atoms with E-state index in [0.717, 1.165) is 0 Å². The maximum atomic E-state index is 12.7. The lowest BCUT2D eigenvalue weighted by Gasteiger charge is -2.69.